The Morgan fingerprint density at radius 1 is 1.16 bits per heavy atom. The minimum Gasteiger partial charge on any atom is -0.468 e. The topological polar surface area (TPSA) is 98.9 Å². The van der Waals surface area contributed by atoms with E-state index < -0.39 is 0 Å². The standard InChI is InChI=1S/C12H17N5O2/c1-18-11-14-8-9(13)15-12(17-10(8)16-11)19-7-5-3-2-4-6-7/h7H,2-6H2,1H3,(H3,13,14,15,16,17). The maximum absolute atomic E-state index is 5.87. The number of ether oxygens (including phenoxy) is 2. The summed E-state index contributed by atoms with van der Waals surface area (Å²) in [7, 11) is 1.53. The Balaban J connectivity index is 1.87. The second-order valence-electron chi connectivity index (χ2n) is 4.71. The van der Waals surface area contributed by atoms with Gasteiger partial charge in [-0.2, -0.15) is 15.0 Å². The van der Waals surface area contributed by atoms with E-state index in [1.54, 1.807) is 0 Å². The van der Waals surface area contributed by atoms with Crippen LogP contribution in [0.15, 0.2) is 0 Å². The number of methoxy groups -OCH3 is 1. The molecule has 19 heavy (non-hydrogen) atoms. The molecule has 0 aromatic carbocycles. The van der Waals surface area contributed by atoms with Crippen molar-refractivity contribution in [2.45, 2.75) is 38.2 Å². The van der Waals surface area contributed by atoms with Crippen molar-refractivity contribution >= 4 is 17.0 Å². The Morgan fingerprint density at radius 2 is 1.95 bits per heavy atom. The molecule has 1 fully saturated rings. The highest BCUT2D eigenvalue weighted by molar-refractivity contribution is 5.82. The molecular formula is C12H17N5O2. The van der Waals surface area contributed by atoms with Crippen LogP contribution in [0, 0.1) is 0 Å². The molecule has 0 spiro atoms. The van der Waals surface area contributed by atoms with Crippen LogP contribution in [0.3, 0.4) is 0 Å². The van der Waals surface area contributed by atoms with Crippen molar-refractivity contribution in [1.82, 2.24) is 19.9 Å². The summed E-state index contributed by atoms with van der Waals surface area (Å²) in [6.45, 7) is 0. The van der Waals surface area contributed by atoms with Crippen LogP contribution in [-0.4, -0.2) is 33.1 Å². The van der Waals surface area contributed by atoms with Crippen LogP contribution in [0.5, 0.6) is 12.0 Å². The molecule has 0 unspecified atom stereocenters. The predicted molar refractivity (Wildman–Crippen MR) is 70.1 cm³/mol. The summed E-state index contributed by atoms with van der Waals surface area (Å²) in [4.78, 5) is 15.5. The van der Waals surface area contributed by atoms with E-state index >= 15 is 0 Å². The first-order valence-electron chi connectivity index (χ1n) is 6.50. The van der Waals surface area contributed by atoms with Crippen molar-refractivity contribution in [1.29, 1.82) is 0 Å². The van der Waals surface area contributed by atoms with Crippen LogP contribution < -0.4 is 15.2 Å². The van der Waals surface area contributed by atoms with Gasteiger partial charge in [0.05, 0.1) is 7.11 Å². The fraction of sp³-hybridized carbons (Fsp3) is 0.583. The van der Waals surface area contributed by atoms with Crippen LogP contribution in [-0.2, 0) is 0 Å². The minimum absolute atomic E-state index is 0.187. The van der Waals surface area contributed by atoms with Crippen molar-refractivity contribution in [3.63, 3.8) is 0 Å². The molecule has 0 atom stereocenters. The summed E-state index contributed by atoms with van der Waals surface area (Å²) >= 11 is 0. The lowest BCUT2D eigenvalue weighted by atomic mass is 9.98. The molecule has 0 saturated heterocycles. The van der Waals surface area contributed by atoms with Crippen molar-refractivity contribution < 1.29 is 9.47 Å². The molecule has 1 aliphatic carbocycles. The van der Waals surface area contributed by atoms with Gasteiger partial charge in [-0.1, -0.05) is 6.42 Å². The monoisotopic (exact) mass is 263 g/mol. The Labute approximate surface area is 110 Å². The van der Waals surface area contributed by atoms with Crippen LogP contribution in [0.1, 0.15) is 32.1 Å². The number of anilines is 1. The number of nitrogen functional groups attached to an aromatic ring is 1. The number of aromatic nitrogens is 4. The maximum atomic E-state index is 5.87. The van der Waals surface area contributed by atoms with Crippen molar-refractivity contribution in [3.8, 4) is 12.0 Å². The smallest absolute Gasteiger partial charge is 0.320 e. The number of rotatable bonds is 3. The van der Waals surface area contributed by atoms with E-state index in [1.807, 2.05) is 0 Å². The van der Waals surface area contributed by atoms with Gasteiger partial charge < -0.3 is 20.2 Å². The number of hydrogen-bond acceptors (Lipinski definition) is 6. The molecule has 3 N–H and O–H groups in total. The molecule has 2 heterocycles. The van der Waals surface area contributed by atoms with Gasteiger partial charge in [0.1, 0.15) is 11.6 Å². The number of aromatic amines is 1. The lowest BCUT2D eigenvalue weighted by molar-refractivity contribution is 0.142. The third-order valence-electron chi connectivity index (χ3n) is 3.35. The molecule has 2 aromatic rings. The fourth-order valence-electron chi connectivity index (χ4n) is 2.36. The van der Waals surface area contributed by atoms with Gasteiger partial charge in [0.25, 0.3) is 6.01 Å². The number of H-pyrrole nitrogens is 1. The second kappa shape index (κ2) is 4.91. The Morgan fingerprint density at radius 3 is 2.68 bits per heavy atom. The van der Waals surface area contributed by atoms with Crippen molar-refractivity contribution in [2.24, 2.45) is 0 Å². The largest absolute Gasteiger partial charge is 0.468 e. The summed E-state index contributed by atoms with van der Waals surface area (Å²) < 4.78 is 10.8. The number of nitrogens with one attached hydrogen (secondary N) is 1. The lowest BCUT2D eigenvalue weighted by Crippen LogP contribution is -2.21. The van der Waals surface area contributed by atoms with Gasteiger partial charge in [0.2, 0.25) is 0 Å². The number of fused-ring (bicyclic) bond motifs is 1. The van der Waals surface area contributed by atoms with Crippen LogP contribution in [0.2, 0.25) is 0 Å². The first-order valence-corrected chi connectivity index (χ1v) is 6.50. The van der Waals surface area contributed by atoms with Crippen molar-refractivity contribution in [2.75, 3.05) is 12.8 Å². The quantitative estimate of drug-likeness (QED) is 0.873. The summed E-state index contributed by atoms with van der Waals surface area (Å²) in [5.41, 5.74) is 6.92. The van der Waals surface area contributed by atoms with Gasteiger partial charge in [-0.25, -0.2) is 0 Å². The zero-order chi connectivity index (χ0) is 13.2. The Kier molecular flexibility index (Phi) is 3.10. The third kappa shape index (κ3) is 2.40. The number of nitrogens with zero attached hydrogens (tertiary/aromatic N) is 3. The number of hydrogen-bond donors (Lipinski definition) is 2. The summed E-state index contributed by atoms with van der Waals surface area (Å²) in [5.74, 6) is 0.326. The highest BCUT2D eigenvalue weighted by atomic mass is 16.5. The van der Waals surface area contributed by atoms with Gasteiger partial charge in [-0.05, 0) is 25.7 Å². The number of nitrogens with two attached hydrogens (primary N) is 1. The highest BCUT2D eigenvalue weighted by Crippen LogP contribution is 2.25. The van der Waals surface area contributed by atoms with Crippen LogP contribution in [0.4, 0.5) is 5.82 Å². The van der Waals surface area contributed by atoms with Gasteiger partial charge >= 0.3 is 6.01 Å². The fourth-order valence-corrected chi connectivity index (χ4v) is 2.36. The predicted octanol–water partition coefficient (Wildman–Crippen LogP) is 1.66. The van der Waals surface area contributed by atoms with Crippen LogP contribution >= 0.6 is 0 Å². The zero-order valence-corrected chi connectivity index (χ0v) is 10.8. The average molecular weight is 263 g/mol. The van der Waals surface area contributed by atoms with E-state index in [0.717, 1.165) is 12.8 Å². The molecule has 0 radical (unpaired) electrons. The van der Waals surface area contributed by atoms with Crippen molar-refractivity contribution in [3.05, 3.63) is 0 Å². The third-order valence-corrected chi connectivity index (χ3v) is 3.35. The van der Waals surface area contributed by atoms with Gasteiger partial charge in [0, 0.05) is 0 Å². The van der Waals surface area contributed by atoms with Gasteiger partial charge in [-0.3, -0.25) is 0 Å². The normalized spacial score (nSPS) is 16.7. The first kappa shape index (κ1) is 12.0. The van der Waals surface area contributed by atoms with E-state index in [9.17, 15) is 0 Å². The molecule has 3 rings (SSSR count). The maximum Gasteiger partial charge on any atom is 0.320 e. The molecule has 102 valence electrons. The second-order valence-corrected chi connectivity index (χ2v) is 4.71. The summed E-state index contributed by atoms with van der Waals surface area (Å²) in [5, 5.41) is 0. The van der Waals surface area contributed by atoms with Gasteiger partial charge in [0.15, 0.2) is 11.5 Å². The molecule has 0 aliphatic heterocycles. The molecule has 7 heteroatoms. The summed E-state index contributed by atoms with van der Waals surface area (Å²) in [6.07, 6.45) is 5.94. The zero-order valence-electron chi connectivity index (χ0n) is 10.8. The lowest BCUT2D eigenvalue weighted by Gasteiger charge is -2.21. The summed E-state index contributed by atoms with van der Waals surface area (Å²) in [6, 6.07) is 0.664. The first-order chi connectivity index (χ1) is 9.26. The number of imidazole rings is 1. The van der Waals surface area contributed by atoms with Gasteiger partial charge in [-0.15, -0.1) is 0 Å². The highest BCUT2D eigenvalue weighted by Gasteiger charge is 2.18. The van der Waals surface area contributed by atoms with Crippen LogP contribution in [0.25, 0.3) is 11.2 Å². The minimum atomic E-state index is 0.187. The molecule has 7 nitrogen and oxygen atoms in total. The van der Waals surface area contributed by atoms with E-state index in [-0.39, 0.29) is 6.10 Å². The molecule has 0 amide bonds. The molecule has 2 aromatic heterocycles. The Hall–Kier alpha value is -2.05. The molecule has 0 bridgehead atoms. The van der Waals surface area contributed by atoms with E-state index in [1.165, 1.54) is 26.4 Å². The SMILES string of the molecule is COc1nc2nc(OC3CCCCC3)nc(N)c2[nH]1. The molecule has 1 aliphatic rings. The molecule has 1 saturated carbocycles. The van der Waals surface area contributed by atoms with E-state index in [0.29, 0.717) is 29.0 Å². The van der Waals surface area contributed by atoms with E-state index in [4.69, 9.17) is 15.2 Å². The molecular weight excluding hydrogens is 246 g/mol. The average Bonchev–Trinajstić information content (AvgIpc) is 2.83. The Bertz CT molecular complexity index is 577. The van der Waals surface area contributed by atoms with E-state index in [2.05, 4.69) is 19.9 Å².